The van der Waals surface area contributed by atoms with E-state index in [0.717, 1.165) is 11.4 Å². The van der Waals surface area contributed by atoms with Crippen LogP contribution < -0.4 is 5.32 Å². The van der Waals surface area contributed by atoms with Crippen molar-refractivity contribution in [2.45, 2.75) is 18.7 Å². The Morgan fingerprint density at radius 3 is 2.29 bits per heavy atom. The fraction of sp³-hybridized carbons (Fsp3) is 0.375. The summed E-state index contributed by atoms with van der Waals surface area (Å²) in [6.07, 6.45) is 0. The van der Waals surface area contributed by atoms with Crippen molar-refractivity contribution in [3.8, 4) is 0 Å². The van der Waals surface area contributed by atoms with Gasteiger partial charge in [-0.05, 0) is 19.9 Å². The first-order valence-electron chi connectivity index (χ1n) is 3.90. The molecule has 0 spiro atoms. The Morgan fingerprint density at radius 2 is 1.86 bits per heavy atom. The number of halogens is 2. The van der Waals surface area contributed by atoms with Gasteiger partial charge in [0.15, 0.2) is 4.84 Å². The summed E-state index contributed by atoms with van der Waals surface area (Å²) >= 11 is 10.7. The molecule has 0 saturated heterocycles. The molecule has 6 heteroatoms. The highest BCUT2D eigenvalue weighted by atomic mass is 35.5. The van der Waals surface area contributed by atoms with Crippen LogP contribution in [0.15, 0.2) is 6.07 Å². The summed E-state index contributed by atoms with van der Waals surface area (Å²) in [5.74, 6) is -0.308. The quantitative estimate of drug-likeness (QED) is 0.794. The monoisotopic (exact) mass is 233 g/mol. The minimum absolute atomic E-state index is 0.221. The molecule has 0 saturated carbocycles. The first-order chi connectivity index (χ1) is 6.49. The lowest BCUT2D eigenvalue weighted by Crippen LogP contribution is -2.20. The molecule has 0 unspecified atom stereocenters. The van der Waals surface area contributed by atoms with Crippen molar-refractivity contribution < 1.29 is 4.79 Å². The second-order valence-electron chi connectivity index (χ2n) is 2.76. The SMILES string of the molecule is Cc1cc(C)nc(NC(=O)C(Cl)Cl)n1. The van der Waals surface area contributed by atoms with E-state index in [1.165, 1.54) is 0 Å². The molecule has 0 fully saturated rings. The van der Waals surface area contributed by atoms with Crippen molar-refractivity contribution in [1.29, 1.82) is 0 Å². The van der Waals surface area contributed by atoms with Crippen molar-refractivity contribution in [1.82, 2.24) is 9.97 Å². The van der Waals surface area contributed by atoms with Crippen molar-refractivity contribution in [3.63, 3.8) is 0 Å². The molecule has 0 aliphatic rings. The van der Waals surface area contributed by atoms with E-state index in [1.807, 2.05) is 13.8 Å². The van der Waals surface area contributed by atoms with Crippen molar-refractivity contribution in [3.05, 3.63) is 17.5 Å². The fourth-order valence-electron chi connectivity index (χ4n) is 0.947. The van der Waals surface area contributed by atoms with Crippen LogP contribution in [0.25, 0.3) is 0 Å². The largest absolute Gasteiger partial charge is 0.292 e. The van der Waals surface area contributed by atoms with Gasteiger partial charge in [0.25, 0.3) is 5.91 Å². The van der Waals surface area contributed by atoms with Crippen LogP contribution in [0.3, 0.4) is 0 Å². The molecule has 1 N–H and O–H groups in total. The predicted octanol–water partition coefficient (Wildman–Crippen LogP) is 1.84. The van der Waals surface area contributed by atoms with Gasteiger partial charge in [-0.3, -0.25) is 10.1 Å². The molecule has 1 aromatic heterocycles. The van der Waals surface area contributed by atoms with Crippen LogP contribution in [0.1, 0.15) is 11.4 Å². The van der Waals surface area contributed by atoms with Crippen molar-refractivity contribution >= 4 is 35.1 Å². The number of carbonyl (C=O) groups is 1. The second-order valence-corrected chi connectivity index (χ2v) is 3.86. The number of nitrogens with zero attached hydrogens (tertiary/aromatic N) is 2. The average Bonchev–Trinajstić information content (AvgIpc) is 2.01. The number of aryl methyl sites for hydroxylation is 2. The van der Waals surface area contributed by atoms with Crippen LogP contribution in [0.2, 0.25) is 0 Å². The van der Waals surface area contributed by atoms with Crippen LogP contribution in [0.5, 0.6) is 0 Å². The van der Waals surface area contributed by atoms with E-state index in [4.69, 9.17) is 23.2 Å². The van der Waals surface area contributed by atoms with E-state index in [0.29, 0.717) is 0 Å². The highest BCUT2D eigenvalue weighted by molar-refractivity contribution is 6.54. The Bertz CT molecular complexity index is 334. The molecule has 1 aromatic rings. The number of anilines is 1. The van der Waals surface area contributed by atoms with E-state index in [-0.39, 0.29) is 5.95 Å². The van der Waals surface area contributed by atoms with Gasteiger partial charge in [0, 0.05) is 11.4 Å². The Labute approximate surface area is 91.6 Å². The zero-order valence-electron chi connectivity index (χ0n) is 7.71. The molecule has 14 heavy (non-hydrogen) atoms. The lowest BCUT2D eigenvalue weighted by atomic mass is 10.4. The lowest BCUT2D eigenvalue weighted by molar-refractivity contribution is -0.114. The van der Waals surface area contributed by atoms with Gasteiger partial charge in [-0.2, -0.15) is 0 Å². The smallest absolute Gasteiger partial charge is 0.260 e. The highest BCUT2D eigenvalue weighted by Crippen LogP contribution is 2.07. The molecular formula is C8H9Cl2N3O. The summed E-state index contributed by atoms with van der Waals surface area (Å²) < 4.78 is 0. The summed E-state index contributed by atoms with van der Waals surface area (Å²) in [6.45, 7) is 3.62. The molecule has 1 rings (SSSR count). The second kappa shape index (κ2) is 4.57. The Morgan fingerprint density at radius 1 is 1.36 bits per heavy atom. The van der Waals surface area contributed by atoms with Gasteiger partial charge >= 0.3 is 0 Å². The first kappa shape index (κ1) is 11.2. The average molecular weight is 234 g/mol. The van der Waals surface area contributed by atoms with Gasteiger partial charge in [-0.1, -0.05) is 23.2 Å². The number of carbonyl (C=O) groups excluding carboxylic acids is 1. The summed E-state index contributed by atoms with van der Waals surface area (Å²) in [5, 5.41) is 2.40. The summed E-state index contributed by atoms with van der Waals surface area (Å²) in [7, 11) is 0. The molecular weight excluding hydrogens is 225 g/mol. The van der Waals surface area contributed by atoms with Gasteiger partial charge < -0.3 is 0 Å². The zero-order valence-corrected chi connectivity index (χ0v) is 9.23. The van der Waals surface area contributed by atoms with Crippen LogP contribution in [-0.4, -0.2) is 20.7 Å². The summed E-state index contributed by atoms with van der Waals surface area (Å²) in [5.41, 5.74) is 1.54. The topological polar surface area (TPSA) is 54.9 Å². The molecule has 0 aliphatic heterocycles. The number of alkyl halides is 2. The third-order valence-corrected chi connectivity index (χ3v) is 1.81. The molecule has 4 nitrogen and oxygen atoms in total. The maximum Gasteiger partial charge on any atom is 0.260 e. The molecule has 0 aromatic carbocycles. The van der Waals surface area contributed by atoms with Gasteiger partial charge in [0.2, 0.25) is 5.95 Å². The number of hydrogen-bond acceptors (Lipinski definition) is 3. The normalized spacial score (nSPS) is 10.4. The maximum atomic E-state index is 11.1. The Balaban J connectivity index is 2.82. The first-order valence-corrected chi connectivity index (χ1v) is 4.77. The van der Waals surface area contributed by atoms with E-state index in [1.54, 1.807) is 6.07 Å². The molecule has 0 radical (unpaired) electrons. The van der Waals surface area contributed by atoms with Crippen molar-refractivity contribution in [2.75, 3.05) is 5.32 Å². The van der Waals surface area contributed by atoms with Gasteiger partial charge in [0.1, 0.15) is 0 Å². The lowest BCUT2D eigenvalue weighted by Gasteiger charge is -2.05. The van der Waals surface area contributed by atoms with Gasteiger partial charge in [-0.25, -0.2) is 9.97 Å². The molecule has 1 amide bonds. The van der Waals surface area contributed by atoms with Crippen molar-refractivity contribution in [2.24, 2.45) is 0 Å². The van der Waals surface area contributed by atoms with Crippen LogP contribution in [-0.2, 0) is 4.79 Å². The molecule has 0 bridgehead atoms. The van der Waals surface area contributed by atoms with Crippen LogP contribution in [0.4, 0.5) is 5.95 Å². The predicted molar refractivity (Wildman–Crippen MR) is 55.6 cm³/mol. The van der Waals surface area contributed by atoms with Gasteiger partial charge in [0.05, 0.1) is 0 Å². The highest BCUT2D eigenvalue weighted by Gasteiger charge is 2.12. The summed E-state index contributed by atoms with van der Waals surface area (Å²) in [6, 6.07) is 1.80. The molecule has 0 atom stereocenters. The standard InChI is InChI=1S/C8H9Cl2N3O/c1-4-3-5(2)12-8(11-4)13-7(14)6(9)10/h3,6H,1-2H3,(H,11,12,13,14). The van der Waals surface area contributed by atoms with E-state index >= 15 is 0 Å². The fourth-order valence-corrected chi connectivity index (χ4v) is 1.06. The van der Waals surface area contributed by atoms with E-state index in [2.05, 4.69) is 15.3 Å². The minimum Gasteiger partial charge on any atom is -0.292 e. The third-order valence-electron chi connectivity index (χ3n) is 1.42. The summed E-state index contributed by atoms with van der Waals surface area (Å²) in [4.78, 5) is 18.0. The van der Waals surface area contributed by atoms with E-state index in [9.17, 15) is 4.79 Å². The maximum absolute atomic E-state index is 11.1. The molecule has 1 heterocycles. The molecule has 76 valence electrons. The van der Waals surface area contributed by atoms with Crippen LogP contribution in [0, 0.1) is 13.8 Å². The Hall–Kier alpha value is -0.870. The van der Waals surface area contributed by atoms with Crippen LogP contribution >= 0.6 is 23.2 Å². The minimum atomic E-state index is -1.11. The van der Waals surface area contributed by atoms with Gasteiger partial charge in [-0.15, -0.1) is 0 Å². The number of rotatable bonds is 2. The van der Waals surface area contributed by atoms with E-state index < -0.39 is 10.7 Å². The zero-order chi connectivity index (χ0) is 10.7. The number of nitrogens with one attached hydrogen (secondary N) is 1. The number of amides is 1. The Kier molecular flexibility index (Phi) is 3.66. The number of hydrogen-bond donors (Lipinski definition) is 1. The third kappa shape index (κ3) is 3.12. The number of aromatic nitrogens is 2. The molecule has 0 aliphatic carbocycles.